The van der Waals surface area contributed by atoms with Crippen LogP contribution in [0.25, 0.3) is 0 Å². The standard InChI is InChI=1S/C27H41N5O5/c1-27(2,3)22(25(35)30-19-13-9-8-12-18(19)26(36)37-4)32-24(34)21(17-10-6-5-7-11-17)31-23(33)20-16-28-14-15-29-20/h14-19,21-22H,5-13H2,1-4H3,(H,30,35)(H,31,33)(H,32,34)/t18-,19+,21+,22-/m1/s1. The molecule has 2 saturated carbocycles. The van der Waals surface area contributed by atoms with Crippen molar-refractivity contribution in [1.82, 2.24) is 25.9 Å². The fourth-order valence-corrected chi connectivity index (χ4v) is 5.41. The van der Waals surface area contributed by atoms with E-state index >= 15 is 0 Å². The van der Waals surface area contributed by atoms with Gasteiger partial charge in [0, 0.05) is 18.4 Å². The third-order valence-corrected chi connectivity index (χ3v) is 7.50. The summed E-state index contributed by atoms with van der Waals surface area (Å²) in [6, 6.07) is -2.01. The summed E-state index contributed by atoms with van der Waals surface area (Å²) in [6.07, 6.45) is 12.1. The van der Waals surface area contributed by atoms with Crippen molar-refractivity contribution >= 4 is 23.7 Å². The maximum atomic E-state index is 13.7. The van der Waals surface area contributed by atoms with Crippen LogP contribution < -0.4 is 16.0 Å². The number of methoxy groups -OCH3 is 1. The second-order valence-corrected chi connectivity index (χ2v) is 11.3. The summed E-state index contributed by atoms with van der Waals surface area (Å²) in [5.74, 6) is -1.99. The highest BCUT2D eigenvalue weighted by molar-refractivity contribution is 5.97. The molecule has 3 rings (SSSR count). The minimum Gasteiger partial charge on any atom is -0.469 e. The molecule has 2 aliphatic rings. The zero-order valence-electron chi connectivity index (χ0n) is 22.4. The van der Waals surface area contributed by atoms with E-state index in [2.05, 4.69) is 25.9 Å². The Labute approximate surface area is 219 Å². The average Bonchev–Trinajstić information content (AvgIpc) is 2.90. The number of amides is 3. The molecule has 0 saturated heterocycles. The summed E-state index contributed by atoms with van der Waals surface area (Å²) in [5, 5.41) is 8.83. The van der Waals surface area contributed by atoms with Gasteiger partial charge in [-0.1, -0.05) is 52.9 Å². The molecule has 10 heteroatoms. The molecule has 37 heavy (non-hydrogen) atoms. The number of carbonyl (C=O) groups excluding carboxylic acids is 4. The molecule has 4 atom stereocenters. The van der Waals surface area contributed by atoms with Gasteiger partial charge in [0.1, 0.15) is 17.8 Å². The van der Waals surface area contributed by atoms with E-state index in [4.69, 9.17) is 4.74 Å². The number of esters is 1. The summed E-state index contributed by atoms with van der Waals surface area (Å²) >= 11 is 0. The zero-order chi connectivity index (χ0) is 27.0. The van der Waals surface area contributed by atoms with Crippen LogP contribution in [-0.4, -0.2) is 58.9 Å². The van der Waals surface area contributed by atoms with Crippen molar-refractivity contribution in [1.29, 1.82) is 0 Å². The molecule has 10 nitrogen and oxygen atoms in total. The highest BCUT2D eigenvalue weighted by Gasteiger charge is 2.40. The van der Waals surface area contributed by atoms with Gasteiger partial charge in [0.05, 0.1) is 19.2 Å². The number of nitrogens with one attached hydrogen (secondary N) is 3. The van der Waals surface area contributed by atoms with Gasteiger partial charge in [-0.05, 0) is 37.0 Å². The monoisotopic (exact) mass is 515 g/mol. The molecular weight excluding hydrogens is 474 g/mol. The van der Waals surface area contributed by atoms with Crippen LogP contribution in [0.3, 0.4) is 0 Å². The van der Waals surface area contributed by atoms with Gasteiger partial charge < -0.3 is 20.7 Å². The molecule has 3 amide bonds. The minimum atomic E-state index is -0.861. The predicted molar refractivity (Wildman–Crippen MR) is 137 cm³/mol. The van der Waals surface area contributed by atoms with Crippen molar-refractivity contribution in [2.75, 3.05) is 7.11 Å². The topological polar surface area (TPSA) is 139 Å². The van der Waals surface area contributed by atoms with Crippen molar-refractivity contribution in [2.24, 2.45) is 17.3 Å². The van der Waals surface area contributed by atoms with Crippen molar-refractivity contribution in [3.63, 3.8) is 0 Å². The Kier molecular flexibility index (Phi) is 10.00. The van der Waals surface area contributed by atoms with Crippen molar-refractivity contribution in [3.05, 3.63) is 24.3 Å². The summed E-state index contributed by atoms with van der Waals surface area (Å²) in [7, 11) is 1.36. The number of rotatable bonds is 8. The molecule has 3 N–H and O–H groups in total. The van der Waals surface area contributed by atoms with Crippen LogP contribution in [0.5, 0.6) is 0 Å². The average molecular weight is 516 g/mol. The third-order valence-electron chi connectivity index (χ3n) is 7.50. The van der Waals surface area contributed by atoms with Gasteiger partial charge in [-0.2, -0.15) is 0 Å². The Hall–Kier alpha value is -3.04. The molecule has 2 fully saturated rings. The lowest BCUT2D eigenvalue weighted by Crippen LogP contribution is -2.61. The van der Waals surface area contributed by atoms with E-state index in [1.54, 1.807) is 0 Å². The number of hydrogen-bond acceptors (Lipinski definition) is 7. The van der Waals surface area contributed by atoms with Gasteiger partial charge in [-0.25, -0.2) is 4.98 Å². The lowest BCUT2D eigenvalue weighted by Gasteiger charge is -2.37. The fraction of sp³-hybridized carbons (Fsp3) is 0.704. The van der Waals surface area contributed by atoms with Crippen molar-refractivity contribution < 1.29 is 23.9 Å². The van der Waals surface area contributed by atoms with E-state index in [-0.39, 0.29) is 29.5 Å². The number of nitrogens with zero attached hydrogens (tertiary/aromatic N) is 2. The van der Waals surface area contributed by atoms with Crippen LogP contribution in [0.1, 0.15) is 89.0 Å². The van der Waals surface area contributed by atoms with Crippen LogP contribution in [0.2, 0.25) is 0 Å². The second kappa shape index (κ2) is 13.0. The molecule has 1 aromatic rings. The number of carbonyl (C=O) groups is 4. The van der Waals surface area contributed by atoms with Gasteiger partial charge >= 0.3 is 5.97 Å². The normalized spacial score (nSPS) is 22.3. The molecule has 0 aliphatic heterocycles. The number of ether oxygens (including phenoxy) is 1. The molecule has 0 aromatic carbocycles. The van der Waals surface area contributed by atoms with E-state index in [9.17, 15) is 19.2 Å². The molecule has 0 radical (unpaired) electrons. The molecule has 1 aromatic heterocycles. The maximum absolute atomic E-state index is 13.7. The van der Waals surface area contributed by atoms with Crippen LogP contribution >= 0.6 is 0 Å². The Morgan fingerprint density at radius 2 is 1.59 bits per heavy atom. The van der Waals surface area contributed by atoms with Crippen LogP contribution in [0.4, 0.5) is 0 Å². The van der Waals surface area contributed by atoms with E-state index < -0.39 is 35.2 Å². The fourth-order valence-electron chi connectivity index (χ4n) is 5.41. The van der Waals surface area contributed by atoms with E-state index in [1.807, 2.05) is 20.8 Å². The quantitative estimate of drug-likeness (QED) is 0.452. The van der Waals surface area contributed by atoms with Gasteiger partial charge in [0.25, 0.3) is 5.91 Å². The Bertz CT molecular complexity index is 942. The van der Waals surface area contributed by atoms with E-state index in [0.29, 0.717) is 12.8 Å². The summed E-state index contributed by atoms with van der Waals surface area (Å²) in [4.78, 5) is 60.4. The van der Waals surface area contributed by atoms with Gasteiger partial charge in [0.15, 0.2) is 0 Å². The lowest BCUT2D eigenvalue weighted by molar-refractivity contribution is -0.148. The molecule has 0 bridgehead atoms. The van der Waals surface area contributed by atoms with Crippen LogP contribution in [0.15, 0.2) is 18.6 Å². The van der Waals surface area contributed by atoms with E-state index in [0.717, 1.165) is 44.9 Å². The Balaban J connectivity index is 1.77. The van der Waals surface area contributed by atoms with Gasteiger partial charge in [-0.3, -0.25) is 24.2 Å². The highest BCUT2D eigenvalue weighted by Crippen LogP contribution is 2.29. The summed E-state index contributed by atoms with van der Waals surface area (Å²) in [5.41, 5.74) is -0.478. The zero-order valence-corrected chi connectivity index (χ0v) is 22.4. The first-order chi connectivity index (χ1) is 17.6. The first-order valence-electron chi connectivity index (χ1n) is 13.4. The van der Waals surface area contributed by atoms with Gasteiger partial charge in [-0.15, -0.1) is 0 Å². The molecule has 0 spiro atoms. The van der Waals surface area contributed by atoms with E-state index in [1.165, 1.54) is 25.7 Å². The molecule has 1 heterocycles. The molecule has 0 unspecified atom stereocenters. The third kappa shape index (κ3) is 7.72. The second-order valence-electron chi connectivity index (χ2n) is 11.3. The highest BCUT2D eigenvalue weighted by atomic mass is 16.5. The van der Waals surface area contributed by atoms with Gasteiger partial charge in [0.2, 0.25) is 11.8 Å². The minimum absolute atomic E-state index is 0.0416. The summed E-state index contributed by atoms with van der Waals surface area (Å²) < 4.78 is 4.96. The molecular formula is C27H41N5O5. The first-order valence-corrected chi connectivity index (χ1v) is 13.4. The smallest absolute Gasteiger partial charge is 0.310 e. The first kappa shape index (κ1) is 28.5. The Morgan fingerprint density at radius 1 is 0.919 bits per heavy atom. The number of hydrogen-bond donors (Lipinski definition) is 3. The van der Waals surface area contributed by atoms with Crippen LogP contribution in [-0.2, 0) is 19.1 Å². The summed E-state index contributed by atoms with van der Waals surface area (Å²) in [6.45, 7) is 5.64. The molecule has 2 aliphatic carbocycles. The van der Waals surface area contributed by atoms with Crippen molar-refractivity contribution in [3.8, 4) is 0 Å². The Morgan fingerprint density at radius 3 is 2.22 bits per heavy atom. The van der Waals surface area contributed by atoms with Crippen LogP contribution in [0, 0.1) is 17.3 Å². The largest absolute Gasteiger partial charge is 0.469 e. The predicted octanol–water partition coefficient (Wildman–Crippen LogP) is 2.53. The SMILES string of the molecule is COC(=O)[C@@H]1CCCC[C@@H]1NC(=O)[C@@H](NC(=O)[C@@H](NC(=O)c1cnccn1)C1CCCCC1)C(C)(C)C. The number of aromatic nitrogens is 2. The molecule has 204 valence electrons. The van der Waals surface area contributed by atoms with Crippen molar-refractivity contribution in [2.45, 2.75) is 96.7 Å². The lowest BCUT2D eigenvalue weighted by atomic mass is 9.81. The maximum Gasteiger partial charge on any atom is 0.310 e.